The number of rotatable bonds is 6. The van der Waals surface area contributed by atoms with E-state index in [2.05, 4.69) is 25.6 Å². The number of aromatic nitrogens is 3. The van der Waals surface area contributed by atoms with E-state index in [1.165, 1.54) is 11.3 Å². The van der Waals surface area contributed by atoms with E-state index in [4.69, 9.17) is 0 Å². The Balaban J connectivity index is 1.97. The normalized spacial score (nSPS) is 12.1. The Morgan fingerprint density at radius 3 is 2.80 bits per heavy atom. The molecule has 106 valence electrons. The van der Waals surface area contributed by atoms with Crippen molar-refractivity contribution in [3.8, 4) is 10.8 Å². The molecule has 0 aliphatic carbocycles. The molecule has 0 aromatic carbocycles. The molecular weight excluding hydrogens is 274 g/mol. The van der Waals surface area contributed by atoms with E-state index in [0.29, 0.717) is 22.3 Å². The van der Waals surface area contributed by atoms with E-state index in [-0.39, 0.29) is 11.9 Å². The van der Waals surface area contributed by atoms with E-state index in [0.717, 1.165) is 6.54 Å². The smallest absolute Gasteiger partial charge is 0.263 e. The van der Waals surface area contributed by atoms with Crippen LogP contribution in [0.1, 0.15) is 23.5 Å². The second-order valence-electron chi connectivity index (χ2n) is 4.27. The summed E-state index contributed by atoms with van der Waals surface area (Å²) in [5.41, 5.74) is 0. The number of nitrogens with zero attached hydrogens (tertiary/aromatic N) is 3. The lowest BCUT2D eigenvalue weighted by atomic mass is 10.3. The van der Waals surface area contributed by atoms with Gasteiger partial charge in [0.25, 0.3) is 5.91 Å². The maximum Gasteiger partial charge on any atom is 0.263 e. The zero-order valence-corrected chi connectivity index (χ0v) is 12.3. The zero-order chi connectivity index (χ0) is 14.4. The van der Waals surface area contributed by atoms with Crippen LogP contribution in [0.15, 0.2) is 24.7 Å². The average Bonchev–Trinajstić information content (AvgIpc) is 2.96. The molecule has 1 amide bonds. The summed E-state index contributed by atoms with van der Waals surface area (Å²) in [5.74, 6) is 0.423. The monoisotopic (exact) mass is 291 g/mol. The van der Waals surface area contributed by atoms with E-state index < -0.39 is 0 Å². The van der Waals surface area contributed by atoms with Gasteiger partial charge in [-0.05, 0) is 19.5 Å². The lowest BCUT2D eigenvalue weighted by molar-refractivity contribution is 0.0954. The molecule has 0 fully saturated rings. The fraction of sp³-hybridized carbons (Fsp3) is 0.385. The third kappa shape index (κ3) is 3.82. The Morgan fingerprint density at radius 2 is 2.10 bits per heavy atom. The van der Waals surface area contributed by atoms with Gasteiger partial charge in [0.1, 0.15) is 4.88 Å². The Bertz CT molecular complexity index is 557. The molecule has 0 spiro atoms. The second-order valence-corrected chi connectivity index (χ2v) is 5.30. The fourth-order valence-electron chi connectivity index (χ4n) is 1.65. The van der Waals surface area contributed by atoms with Gasteiger partial charge in [-0.15, -0.1) is 11.3 Å². The van der Waals surface area contributed by atoms with Crippen LogP contribution in [0.5, 0.6) is 0 Å². The van der Waals surface area contributed by atoms with Crippen molar-refractivity contribution in [1.29, 1.82) is 0 Å². The number of amides is 1. The molecule has 20 heavy (non-hydrogen) atoms. The summed E-state index contributed by atoms with van der Waals surface area (Å²) in [6.45, 7) is 5.53. The number of likely N-dealkylation sites (N-methyl/N-ethyl adjacent to an activating group) is 1. The topological polar surface area (TPSA) is 79.8 Å². The van der Waals surface area contributed by atoms with E-state index >= 15 is 0 Å². The molecule has 6 nitrogen and oxygen atoms in total. The van der Waals surface area contributed by atoms with E-state index in [1.807, 2.05) is 13.8 Å². The third-order valence-electron chi connectivity index (χ3n) is 2.61. The average molecular weight is 291 g/mol. The Kier molecular flexibility index (Phi) is 5.14. The number of hydrogen-bond donors (Lipinski definition) is 2. The first-order valence-electron chi connectivity index (χ1n) is 6.45. The molecule has 2 aromatic rings. The first kappa shape index (κ1) is 14.5. The molecule has 0 saturated heterocycles. The van der Waals surface area contributed by atoms with Gasteiger partial charge in [-0.1, -0.05) is 6.92 Å². The van der Waals surface area contributed by atoms with Crippen LogP contribution in [0, 0.1) is 0 Å². The highest BCUT2D eigenvalue weighted by Crippen LogP contribution is 2.21. The van der Waals surface area contributed by atoms with Gasteiger partial charge in [0.05, 0.1) is 6.20 Å². The zero-order valence-electron chi connectivity index (χ0n) is 11.5. The quantitative estimate of drug-likeness (QED) is 0.839. The van der Waals surface area contributed by atoms with Crippen molar-refractivity contribution in [2.24, 2.45) is 0 Å². The van der Waals surface area contributed by atoms with Crippen LogP contribution >= 0.6 is 11.3 Å². The predicted molar refractivity (Wildman–Crippen MR) is 78.6 cm³/mol. The molecule has 2 heterocycles. The molecule has 2 rings (SSSR count). The minimum atomic E-state index is -0.116. The fourth-order valence-corrected chi connectivity index (χ4v) is 2.43. The summed E-state index contributed by atoms with van der Waals surface area (Å²) in [6, 6.07) is 1.99. The largest absolute Gasteiger partial charge is 0.350 e. The predicted octanol–water partition coefficient (Wildman–Crippen LogP) is 1.33. The van der Waals surface area contributed by atoms with Crippen LogP contribution in [-0.4, -0.2) is 40.0 Å². The summed E-state index contributed by atoms with van der Waals surface area (Å²) in [5, 5.41) is 6.76. The third-order valence-corrected chi connectivity index (χ3v) is 3.60. The SMILES string of the molecule is CCN[C@H](C)CNC(=O)c1cnc(-c2ncccn2)s1. The van der Waals surface area contributed by atoms with Gasteiger partial charge in [-0.25, -0.2) is 15.0 Å². The van der Waals surface area contributed by atoms with E-state index in [9.17, 15) is 4.79 Å². The molecule has 0 bridgehead atoms. The van der Waals surface area contributed by atoms with Crippen molar-refractivity contribution in [1.82, 2.24) is 25.6 Å². The molecule has 0 unspecified atom stereocenters. The Hall–Kier alpha value is -1.86. The minimum absolute atomic E-state index is 0.116. The van der Waals surface area contributed by atoms with Gasteiger partial charge >= 0.3 is 0 Å². The number of nitrogens with one attached hydrogen (secondary N) is 2. The van der Waals surface area contributed by atoms with E-state index in [1.54, 1.807) is 24.7 Å². The van der Waals surface area contributed by atoms with Gasteiger partial charge < -0.3 is 10.6 Å². The number of thiazole rings is 1. The van der Waals surface area contributed by atoms with Crippen LogP contribution in [0.2, 0.25) is 0 Å². The molecule has 7 heteroatoms. The van der Waals surface area contributed by atoms with Crippen molar-refractivity contribution < 1.29 is 4.79 Å². The van der Waals surface area contributed by atoms with Gasteiger partial charge in [0, 0.05) is 25.0 Å². The molecule has 0 radical (unpaired) electrons. The second kappa shape index (κ2) is 7.06. The van der Waals surface area contributed by atoms with Crippen molar-refractivity contribution in [3.63, 3.8) is 0 Å². The summed E-state index contributed by atoms with van der Waals surface area (Å²) in [7, 11) is 0. The first-order valence-corrected chi connectivity index (χ1v) is 7.27. The standard InChI is InChI=1S/C13H17N5OS/c1-3-14-9(2)7-17-12(19)10-8-18-13(20-10)11-15-5-4-6-16-11/h4-6,8-9,14H,3,7H2,1-2H3,(H,17,19)/t9-/m1/s1. The highest BCUT2D eigenvalue weighted by molar-refractivity contribution is 7.16. The van der Waals surface area contributed by atoms with Crippen LogP contribution in [0.4, 0.5) is 0 Å². The Morgan fingerprint density at radius 1 is 1.35 bits per heavy atom. The highest BCUT2D eigenvalue weighted by atomic mass is 32.1. The molecule has 2 N–H and O–H groups in total. The van der Waals surface area contributed by atoms with Gasteiger partial charge in [-0.3, -0.25) is 4.79 Å². The molecule has 0 saturated carbocycles. The summed E-state index contributed by atoms with van der Waals surface area (Å²) < 4.78 is 0. The van der Waals surface area contributed by atoms with Crippen LogP contribution in [-0.2, 0) is 0 Å². The maximum atomic E-state index is 12.0. The lowest BCUT2D eigenvalue weighted by Gasteiger charge is -2.12. The van der Waals surface area contributed by atoms with Gasteiger partial charge in [-0.2, -0.15) is 0 Å². The van der Waals surface area contributed by atoms with Crippen LogP contribution in [0.3, 0.4) is 0 Å². The summed E-state index contributed by atoms with van der Waals surface area (Å²) in [4.78, 5) is 25.0. The number of carbonyl (C=O) groups excluding carboxylic acids is 1. The molecule has 0 aliphatic rings. The van der Waals surface area contributed by atoms with Crippen molar-refractivity contribution in [2.75, 3.05) is 13.1 Å². The summed E-state index contributed by atoms with van der Waals surface area (Å²) >= 11 is 1.29. The Labute approximate surface area is 121 Å². The summed E-state index contributed by atoms with van der Waals surface area (Å²) in [6.07, 6.45) is 4.87. The molecule has 1 atom stereocenters. The van der Waals surface area contributed by atoms with Gasteiger partial charge in [0.2, 0.25) is 0 Å². The number of carbonyl (C=O) groups is 1. The molecule has 2 aromatic heterocycles. The van der Waals surface area contributed by atoms with Crippen molar-refractivity contribution in [2.45, 2.75) is 19.9 Å². The van der Waals surface area contributed by atoms with Gasteiger partial charge in [0.15, 0.2) is 10.8 Å². The van der Waals surface area contributed by atoms with Crippen molar-refractivity contribution in [3.05, 3.63) is 29.5 Å². The van der Waals surface area contributed by atoms with Crippen LogP contribution in [0.25, 0.3) is 10.8 Å². The lowest BCUT2D eigenvalue weighted by Crippen LogP contribution is -2.38. The van der Waals surface area contributed by atoms with Crippen LogP contribution < -0.4 is 10.6 Å². The van der Waals surface area contributed by atoms with Crippen molar-refractivity contribution >= 4 is 17.2 Å². The minimum Gasteiger partial charge on any atom is -0.350 e. The number of hydrogen-bond acceptors (Lipinski definition) is 6. The first-order chi connectivity index (χ1) is 9.70. The highest BCUT2D eigenvalue weighted by Gasteiger charge is 2.13. The molecular formula is C13H17N5OS. The molecule has 0 aliphatic heterocycles. The maximum absolute atomic E-state index is 12.0.